The smallest absolute Gasteiger partial charge is 0.277 e. The van der Waals surface area contributed by atoms with Crippen LogP contribution in [-0.2, 0) is 0 Å². The van der Waals surface area contributed by atoms with E-state index in [0.29, 0.717) is 5.69 Å². The maximum atomic E-state index is 11.4. The molecule has 7 nitrogen and oxygen atoms in total. The van der Waals surface area contributed by atoms with E-state index >= 15 is 0 Å². The first-order chi connectivity index (χ1) is 8.63. The number of hydrazine groups is 1. The SMILES string of the molecule is Cc1ncccc1-c1cc(C(=O)NN)c(=O)[nH]n1. The monoisotopic (exact) mass is 245 g/mol. The van der Waals surface area contributed by atoms with Crippen molar-refractivity contribution in [3.8, 4) is 11.3 Å². The molecule has 7 heteroatoms. The van der Waals surface area contributed by atoms with Gasteiger partial charge in [-0.15, -0.1) is 0 Å². The zero-order valence-electron chi connectivity index (χ0n) is 9.60. The van der Waals surface area contributed by atoms with E-state index in [9.17, 15) is 9.59 Å². The molecule has 92 valence electrons. The Morgan fingerprint density at radius 3 is 2.94 bits per heavy atom. The predicted octanol–water partition coefficient (Wildman–Crippen LogP) is -0.256. The molecule has 0 unspecified atom stereocenters. The molecular weight excluding hydrogens is 234 g/mol. The topological polar surface area (TPSA) is 114 Å². The number of H-pyrrole nitrogens is 1. The molecule has 2 aromatic rings. The normalized spacial score (nSPS) is 10.1. The number of hydrogen-bond acceptors (Lipinski definition) is 5. The molecule has 0 bridgehead atoms. The third-order valence-corrected chi connectivity index (χ3v) is 2.46. The molecule has 2 heterocycles. The fourth-order valence-corrected chi connectivity index (χ4v) is 1.55. The van der Waals surface area contributed by atoms with Crippen molar-refractivity contribution in [3.05, 3.63) is 46.0 Å². The maximum absolute atomic E-state index is 11.4. The van der Waals surface area contributed by atoms with Gasteiger partial charge >= 0.3 is 0 Å². The van der Waals surface area contributed by atoms with Crippen LogP contribution in [0.2, 0.25) is 0 Å². The van der Waals surface area contributed by atoms with Crippen LogP contribution in [0.15, 0.2) is 29.2 Å². The highest BCUT2D eigenvalue weighted by Gasteiger charge is 2.12. The number of aromatic nitrogens is 3. The first kappa shape index (κ1) is 11.9. The van der Waals surface area contributed by atoms with E-state index < -0.39 is 11.5 Å². The number of nitrogen functional groups attached to an aromatic ring is 1. The van der Waals surface area contributed by atoms with Gasteiger partial charge in [0.1, 0.15) is 5.56 Å². The molecule has 2 rings (SSSR count). The number of pyridine rings is 1. The number of nitrogens with two attached hydrogens (primary N) is 1. The molecule has 0 aliphatic rings. The Labute approximate surface area is 102 Å². The Bertz CT molecular complexity index is 650. The van der Waals surface area contributed by atoms with Gasteiger partial charge in [0.05, 0.1) is 5.69 Å². The summed E-state index contributed by atoms with van der Waals surface area (Å²) in [5.74, 6) is 4.34. The number of rotatable bonds is 2. The maximum Gasteiger partial charge on any atom is 0.277 e. The minimum Gasteiger partial charge on any atom is -0.290 e. The molecule has 0 spiro atoms. The van der Waals surface area contributed by atoms with Gasteiger partial charge in [-0.25, -0.2) is 10.9 Å². The number of carbonyl (C=O) groups excluding carboxylic acids is 1. The molecule has 0 saturated carbocycles. The summed E-state index contributed by atoms with van der Waals surface area (Å²) in [5.41, 5.74) is 3.17. The van der Waals surface area contributed by atoms with E-state index in [0.717, 1.165) is 11.3 Å². The van der Waals surface area contributed by atoms with Crippen molar-refractivity contribution < 1.29 is 4.79 Å². The second-order valence-electron chi connectivity index (χ2n) is 3.61. The lowest BCUT2D eigenvalue weighted by molar-refractivity contribution is 0.0952. The lowest BCUT2D eigenvalue weighted by atomic mass is 10.1. The largest absolute Gasteiger partial charge is 0.290 e. The van der Waals surface area contributed by atoms with E-state index in [4.69, 9.17) is 5.84 Å². The number of carbonyl (C=O) groups is 1. The third-order valence-electron chi connectivity index (χ3n) is 2.46. The van der Waals surface area contributed by atoms with Gasteiger partial charge < -0.3 is 0 Å². The van der Waals surface area contributed by atoms with E-state index in [1.54, 1.807) is 18.3 Å². The van der Waals surface area contributed by atoms with Crippen molar-refractivity contribution in [3.63, 3.8) is 0 Å². The molecular formula is C11H11N5O2. The number of hydrogen-bond donors (Lipinski definition) is 3. The minimum absolute atomic E-state index is 0.0919. The van der Waals surface area contributed by atoms with Crippen molar-refractivity contribution >= 4 is 5.91 Å². The van der Waals surface area contributed by atoms with Gasteiger partial charge in [0.2, 0.25) is 0 Å². The lowest BCUT2D eigenvalue weighted by Crippen LogP contribution is -2.34. The number of nitrogens with zero attached hydrogens (tertiary/aromatic N) is 2. The quantitative estimate of drug-likeness (QED) is 0.383. The summed E-state index contributed by atoms with van der Waals surface area (Å²) in [5, 5.41) is 6.15. The van der Waals surface area contributed by atoms with Crippen LogP contribution in [0.5, 0.6) is 0 Å². The number of amides is 1. The zero-order valence-corrected chi connectivity index (χ0v) is 9.60. The summed E-state index contributed by atoms with van der Waals surface area (Å²) < 4.78 is 0. The zero-order chi connectivity index (χ0) is 13.1. The fourth-order valence-electron chi connectivity index (χ4n) is 1.55. The van der Waals surface area contributed by atoms with E-state index in [1.165, 1.54) is 6.07 Å². The van der Waals surface area contributed by atoms with Crippen molar-refractivity contribution in [2.24, 2.45) is 5.84 Å². The molecule has 0 atom stereocenters. The van der Waals surface area contributed by atoms with Gasteiger partial charge in [-0.2, -0.15) is 5.10 Å². The fraction of sp³-hybridized carbons (Fsp3) is 0.0909. The van der Waals surface area contributed by atoms with Gasteiger partial charge in [-0.05, 0) is 25.1 Å². The summed E-state index contributed by atoms with van der Waals surface area (Å²) in [7, 11) is 0. The van der Waals surface area contributed by atoms with Crippen molar-refractivity contribution in [1.29, 1.82) is 0 Å². The van der Waals surface area contributed by atoms with Crippen LogP contribution in [0.3, 0.4) is 0 Å². The average Bonchev–Trinajstić information content (AvgIpc) is 2.39. The second kappa shape index (κ2) is 4.76. The highest BCUT2D eigenvalue weighted by Crippen LogP contribution is 2.18. The van der Waals surface area contributed by atoms with Crippen LogP contribution < -0.4 is 16.8 Å². The first-order valence-electron chi connectivity index (χ1n) is 5.16. The lowest BCUT2D eigenvalue weighted by Gasteiger charge is -2.04. The predicted molar refractivity (Wildman–Crippen MR) is 64.5 cm³/mol. The molecule has 4 N–H and O–H groups in total. The van der Waals surface area contributed by atoms with Crippen LogP contribution >= 0.6 is 0 Å². The van der Waals surface area contributed by atoms with Crippen molar-refractivity contribution in [2.45, 2.75) is 6.92 Å². The van der Waals surface area contributed by atoms with Gasteiger partial charge in [0.15, 0.2) is 0 Å². The molecule has 18 heavy (non-hydrogen) atoms. The summed E-state index contributed by atoms with van der Waals surface area (Å²) in [6.07, 6.45) is 1.65. The molecule has 1 amide bonds. The van der Waals surface area contributed by atoms with Crippen molar-refractivity contribution in [1.82, 2.24) is 20.6 Å². The number of nitrogens with one attached hydrogen (secondary N) is 2. The van der Waals surface area contributed by atoms with Gasteiger partial charge in [-0.1, -0.05) is 0 Å². The van der Waals surface area contributed by atoms with Crippen LogP contribution in [0.25, 0.3) is 11.3 Å². The average molecular weight is 245 g/mol. The van der Waals surface area contributed by atoms with Crippen molar-refractivity contribution in [2.75, 3.05) is 0 Å². The molecule has 0 aliphatic heterocycles. The standard InChI is InChI=1S/C11H11N5O2/c1-6-7(3-2-4-13-6)9-5-8(10(17)14-12)11(18)16-15-9/h2-5H,12H2,1H3,(H,14,17)(H,16,18). The Balaban J connectivity index is 2.58. The van der Waals surface area contributed by atoms with Gasteiger partial charge in [0.25, 0.3) is 11.5 Å². The highest BCUT2D eigenvalue weighted by molar-refractivity contribution is 5.94. The molecule has 0 saturated heterocycles. The second-order valence-corrected chi connectivity index (χ2v) is 3.61. The molecule has 2 aromatic heterocycles. The third kappa shape index (κ3) is 2.11. The summed E-state index contributed by atoms with van der Waals surface area (Å²) in [6, 6.07) is 4.93. The number of aryl methyl sites for hydroxylation is 1. The van der Waals surface area contributed by atoms with Crippen LogP contribution in [-0.4, -0.2) is 21.1 Å². The van der Waals surface area contributed by atoms with Gasteiger partial charge in [0, 0.05) is 17.5 Å². The summed E-state index contributed by atoms with van der Waals surface area (Å²) in [4.78, 5) is 27.0. The Morgan fingerprint density at radius 2 is 2.28 bits per heavy atom. The van der Waals surface area contributed by atoms with Gasteiger partial charge in [-0.3, -0.25) is 20.0 Å². The van der Waals surface area contributed by atoms with E-state index in [2.05, 4.69) is 15.2 Å². The summed E-state index contributed by atoms with van der Waals surface area (Å²) >= 11 is 0. The Morgan fingerprint density at radius 1 is 1.50 bits per heavy atom. The molecule has 0 aromatic carbocycles. The molecule has 0 radical (unpaired) electrons. The van der Waals surface area contributed by atoms with Crippen LogP contribution in [0.1, 0.15) is 16.1 Å². The first-order valence-corrected chi connectivity index (χ1v) is 5.16. The van der Waals surface area contributed by atoms with E-state index in [1.807, 2.05) is 12.3 Å². The molecule has 0 fully saturated rings. The Hall–Kier alpha value is -2.54. The number of aromatic amines is 1. The van der Waals surface area contributed by atoms with Crippen LogP contribution in [0.4, 0.5) is 0 Å². The van der Waals surface area contributed by atoms with E-state index in [-0.39, 0.29) is 5.56 Å². The molecule has 0 aliphatic carbocycles. The van der Waals surface area contributed by atoms with Crippen LogP contribution in [0, 0.1) is 6.92 Å². The Kier molecular flexibility index (Phi) is 3.16. The minimum atomic E-state index is -0.665. The summed E-state index contributed by atoms with van der Waals surface area (Å²) in [6.45, 7) is 1.81. The highest BCUT2D eigenvalue weighted by atomic mass is 16.2.